The lowest BCUT2D eigenvalue weighted by molar-refractivity contribution is -0.132. The molecule has 2 amide bonds. The molecule has 1 aromatic heterocycles. The molecule has 3 rings (SSSR count). The molecule has 1 aliphatic heterocycles. The van der Waals surface area contributed by atoms with Crippen LogP contribution in [0.25, 0.3) is 11.8 Å². The minimum Gasteiger partial charge on any atom is -0.316 e. The summed E-state index contributed by atoms with van der Waals surface area (Å²) in [7, 11) is 3.13. The molecular weight excluding hydrogens is 370 g/mol. The fourth-order valence-corrected chi connectivity index (χ4v) is 3.45. The zero-order chi connectivity index (χ0) is 19.2. The highest BCUT2D eigenvalue weighted by Crippen LogP contribution is 2.28. The Morgan fingerprint density at radius 1 is 1.04 bits per heavy atom. The number of likely N-dealkylation sites (N-methyl/N-ethyl adjacent to an activating group) is 2. The first-order valence-corrected chi connectivity index (χ1v) is 8.78. The highest BCUT2D eigenvalue weighted by molar-refractivity contribution is 7.80. The molecular formula is C19H18ClN3O2S. The monoisotopic (exact) mass is 387 g/mol. The molecule has 0 aliphatic carbocycles. The minimum absolute atomic E-state index is 0.0861. The number of aryl methyl sites for hydroxylation is 1. The van der Waals surface area contributed by atoms with Gasteiger partial charge in [0.25, 0.3) is 11.8 Å². The Morgan fingerprint density at radius 3 is 2.19 bits per heavy atom. The van der Waals surface area contributed by atoms with Gasteiger partial charge in [-0.3, -0.25) is 19.4 Å². The van der Waals surface area contributed by atoms with Gasteiger partial charge in [-0.25, -0.2) is 0 Å². The number of amides is 2. The Kier molecular flexibility index (Phi) is 4.73. The number of rotatable bonds is 2. The average molecular weight is 388 g/mol. The van der Waals surface area contributed by atoms with Crippen molar-refractivity contribution in [1.29, 1.82) is 0 Å². The highest BCUT2D eigenvalue weighted by Gasteiger charge is 2.35. The van der Waals surface area contributed by atoms with E-state index in [2.05, 4.69) is 0 Å². The number of halogens is 1. The van der Waals surface area contributed by atoms with Crippen LogP contribution in [0.1, 0.15) is 17.0 Å². The first-order chi connectivity index (χ1) is 12.2. The SMILES string of the molecule is Cc1cc(C=C2C(=O)N(C)C(=S)N(C)C2=O)c(C)n1-c1ccccc1Cl. The summed E-state index contributed by atoms with van der Waals surface area (Å²) in [4.78, 5) is 27.6. The molecule has 5 nitrogen and oxygen atoms in total. The first-order valence-electron chi connectivity index (χ1n) is 7.99. The molecule has 2 heterocycles. The Bertz CT molecular complexity index is 951. The van der Waals surface area contributed by atoms with Crippen molar-refractivity contribution in [2.75, 3.05) is 14.1 Å². The molecule has 1 saturated heterocycles. The summed E-state index contributed by atoms with van der Waals surface area (Å²) in [6, 6.07) is 9.47. The molecule has 2 aromatic rings. The smallest absolute Gasteiger partial charge is 0.265 e. The predicted molar refractivity (Wildman–Crippen MR) is 106 cm³/mol. The van der Waals surface area contributed by atoms with Crippen LogP contribution in [-0.4, -0.2) is 45.4 Å². The molecule has 1 aliphatic rings. The summed E-state index contributed by atoms with van der Waals surface area (Å²) in [6.45, 7) is 3.88. The molecule has 0 N–H and O–H groups in total. The standard InChI is InChI=1S/C19H18ClN3O2S/c1-11-9-13(12(2)23(11)16-8-6-5-7-15(16)20)10-14-17(24)21(3)19(26)22(4)18(14)25/h5-10H,1-4H3. The summed E-state index contributed by atoms with van der Waals surface area (Å²) in [5, 5.41) is 0.821. The number of para-hydroxylation sites is 1. The number of hydrogen-bond donors (Lipinski definition) is 0. The lowest BCUT2D eigenvalue weighted by Gasteiger charge is -2.31. The van der Waals surface area contributed by atoms with Crippen molar-refractivity contribution < 1.29 is 9.59 Å². The Hall–Kier alpha value is -2.44. The maximum atomic E-state index is 12.5. The molecule has 1 fully saturated rings. The van der Waals surface area contributed by atoms with Gasteiger partial charge in [-0.15, -0.1) is 0 Å². The van der Waals surface area contributed by atoms with Gasteiger partial charge >= 0.3 is 0 Å². The van der Waals surface area contributed by atoms with Gasteiger partial charge < -0.3 is 4.57 Å². The van der Waals surface area contributed by atoms with Crippen LogP contribution >= 0.6 is 23.8 Å². The summed E-state index contributed by atoms with van der Waals surface area (Å²) in [5.41, 5.74) is 3.57. The Labute approximate surface area is 162 Å². The van der Waals surface area contributed by atoms with E-state index in [9.17, 15) is 9.59 Å². The van der Waals surface area contributed by atoms with Gasteiger partial charge in [0.15, 0.2) is 5.11 Å². The molecule has 0 atom stereocenters. The van der Waals surface area contributed by atoms with Gasteiger partial charge in [-0.1, -0.05) is 23.7 Å². The number of aromatic nitrogens is 1. The van der Waals surface area contributed by atoms with Crippen LogP contribution in [0, 0.1) is 13.8 Å². The van der Waals surface area contributed by atoms with Crippen molar-refractivity contribution in [2.45, 2.75) is 13.8 Å². The highest BCUT2D eigenvalue weighted by atomic mass is 35.5. The molecule has 134 valence electrons. The third kappa shape index (κ3) is 2.85. The lowest BCUT2D eigenvalue weighted by Crippen LogP contribution is -2.52. The molecule has 7 heteroatoms. The number of carbonyl (C=O) groups is 2. The fourth-order valence-electron chi connectivity index (χ4n) is 3.07. The minimum atomic E-state index is -0.402. The Morgan fingerprint density at radius 2 is 1.62 bits per heavy atom. The summed E-state index contributed by atoms with van der Waals surface area (Å²) in [6.07, 6.45) is 1.62. The molecule has 0 unspecified atom stereocenters. The zero-order valence-electron chi connectivity index (χ0n) is 14.9. The second kappa shape index (κ2) is 6.70. The molecule has 1 aromatic carbocycles. The van der Waals surface area contributed by atoms with E-state index in [0.29, 0.717) is 5.02 Å². The topological polar surface area (TPSA) is 45.6 Å². The van der Waals surface area contributed by atoms with E-state index in [-0.39, 0.29) is 10.7 Å². The van der Waals surface area contributed by atoms with Gasteiger partial charge in [0.05, 0.1) is 10.7 Å². The van der Waals surface area contributed by atoms with Gasteiger partial charge in [0.1, 0.15) is 5.57 Å². The second-order valence-corrected chi connectivity index (χ2v) is 6.95. The van der Waals surface area contributed by atoms with Crippen molar-refractivity contribution in [1.82, 2.24) is 14.4 Å². The van der Waals surface area contributed by atoms with Gasteiger partial charge in [-0.2, -0.15) is 0 Å². The van der Waals surface area contributed by atoms with Crippen LogP contribution in [0.5, 0.6) is 0 Å². The van der Waals surface area contributed by atoms with Crippen LogP contribution in [0.4, 0.5) is 0 Å². The molecule has 0 saturated carbocycles. The number of benzene rings is 1. The van der Waals surface area contributed by atoms with Crippen LogP contribution in [0.2, 0.25) is 5.02 Å². The van der Waals surface area contributed by atoms with E-state index in [1.807, 2.05) is 48.7 Å². The van der Waals surface area contributed by atoms with Gasteiger partial charge in [0.2, 0.25) is 0 Å². The third-order valence-corrected chi connectivity index (χ3v) is 5.37. The van der Waals surface area contributed by atoms with Crippen molar-refractivity contribution in [3.63, 3.8) is 0 Å². The average Bonchev–Trinajstić information content (AvgIpc) is 2.89. The van der Waals surface area contributed by atoms with E-state index >= 15 is 0 Å². The van der Waals surface area contributed by atoms with Crippen molar-refractivity contribution in [3.05, 3.63) is 57.9 Å². The number of hydrogen-bond acceptors (Lipinski definition) is 3. The fraction of sp³-hybridized carbons (Fsp3) is 0.211. The van der Waals surface area contributed by atoms with Crippen LogP contribution in [0.15, 0.2) is 35.9 Å². The summed E-state index contributed by atoms with van der Waals surface area (Å²) in [5.74, 6) is -0.804. The summed E-state index contributed by atoms with van der Waals surface area (Å²) < 4.78 is 2.00. The Balaban J connectivity index is 2.12. The van der Waals surface area contributed by atoms with Crippen LogP contribution < -0.4 is 0 Å². The molecule has 0 spiro atoms. The summed E-state index contributed by atoms with van der Waals surface area (Å²) >= 11 is 11.4. The number of nitrogens with zero attached hydrogens (tertiary/aromatic N) is 3. The van der Waals surface area contributed by atoms with Gasteiger partial charge in [0, 0.05) is 25.5 Å². The van der Waals surface area contributed by atoms with Crippen molar-refractivity contribution >= 4 is 46.8 Å². The van der Waals surface area contributed by atoms with Crippen LogP contribution in [-0.2, 0) is 9.59 Å². The predicted octanol–water partition coefficient (Wildman–Crippen LogP) is 3.35. The van der Waals surface area contributed by atoms with Crippen LogP contribution in [0.3, 0.4) is 0 Å². The van der Waals surface area contributed by atoms with E-state index in [1.54, 1.807) is 20.2 Å². The first kappa shape index (κ1) is 18.4. The van der Waals surface area contributed by atoms with Gasteiger partial charge in [-0.05, 0) is 55.9 Å². The largest absolute Gasteiger partial charge is 0.316 e. The quantitative estimate of drug-likeness (QED) is 0.451. The third-order valence-electron chi connectivity index (χ3n) is 4.51. The van der Waals surface area contributed by atoms with E-state index in [0.717, 1.165) is 22.6 Å². The maximum Gasteiger partial charge on any atom is 0.265 e. The molecule has 26 heavy (non-hydrogen) atoms. The van der Waals surface area contributed by atoms with Crippen molar-refractivity contribution in [3.8, 4) is 5.69 Å². The number of thiocarbonyl (C=S) groups is 1. The lowest BCUT2D eigenvalue weighted by atomic mass is 10.1. The maximum absolute atomic E-state index is 12.5. The molecule has 0 radical (unpaired) electrons. The van der Waals surface area contributed by atoms with E-state index in [1.165, 1.54) is 9.80 Å². The van der Waals surface area contributed by atoms with E-state index in [4.69, 9.17) is 23.8 Å². The second-order valence-electron chi connectivity index (χ2n) is 6.18. The van der Waals surface area contributed by atoms with E-state index < -0.39 is 11.8 Å². The van der Waals surface area contributed by atoms with Crippen molar-refractivity contribution in [2.24, 2.45) is 0 Å². The number of carbonyl (C=O) groups excluding carboxylic acids is 2. The molecule has 0 bridgehead atoms. The normalized spacial score (nSPS) is 15.1. The zero-order valence-corrected chi connectivity index (χ0v) is 16.5.